The van der Waals surface area contributed by atoms with Gasteiger partial charge < -0.3 is 14.7 Å². The van der Waals surface area contributed by atoms with Crippen molar-refractivity contribution in [2.45, 2.75) is 33.2 Å². The number of guanidine groups is 1. The Kier molecular flexibility index (Phi) is 8.45. The Morgan fingerprint density at radius 1 is 1.39 bits per heavy atom. The van der Waals surface area contributed by atoms with Gasteiger partial charge in [-0.15, -0.1) is 35.3 Å². The topological polar surface area (TPSA) is 79.4 Å². The van der Waals surface area contributed by atoms with E-state index in [-0.39, 0.29) is 24.0 Å². The number of halogens is 1. The zero-order chi connectivity index (χ0) is 15.9. The Morgan fingerprint density at radius 3 is 2.74 bits per heavy atom. The van der Waals surface area contributed by atoms with Crippen LogP contribution in [0.1, 0.15) is 28.8 Å². The van der Waals surface area contributed by atoms with Gasteiger partial charge in [0.05, 0.1) is 17.2 Å². The number of rotatable bonds is 6. The van der Waals surface area contributed by atoms with E-state index in [0.29, 0.717) is 11.7 Å². The summed E-state index contributed by atoms with van der Waals surface area (Å²) in [6.07, 6.45) is 1.67. The van der Waals surface area contributed by atoms with Crippen LogP contribution in [0.3, 0.4) is 0 Å². The largest absolute Gasteiger partial charge is 0.356 e. The highest BCUT2D eigenvalue weighted by atomic mass is 127. The Bertz CT molecular complexity index is 626. The molecule has 0 saturated carbocycles. The van der Waals surface area contributed by atoms with Crippen molar-refractivity contribution in [1.82, 2.24) is 25.3 Å². The minimum absolute atomic E-state index is 0. The van der Waals surface area contributed by atoms with Crippen LogP contribution in [0.25, 0.3) is 0 Å². The molecule has 1 N–H and O–H groups in total. The van der Waals surface area contributed by atoms with Crippen molar-refractivity contribution in [2.24, 2.45) is 4.99 Å². The average Bonchev–Trinajstić information content (AvgIpc) is 3.07. The van der Waals surface area contributed by atoms with Crippen molar-refractivity contribution in [3.63, 3.8) is 0 Å². The van der Waals surface area contributed by atoms with E-state index in [1.807, 2.05) is 20.9 Å². The molecular weight excluding hydrogens is 427 g/mol. The number of thiazole rings is 1. The summed E-state index contributed by atoms with van der Waals surface area (Å²) in [5.41, 5.74) is 1.06. The number of nitrogens with one attached hydrogen (secondary N) is 1. The van der Waals surface area contributed by atoms with E-state index in [1.165, 1.54) is 0 Å². The van der Waals surface area contributed by atoms with Gasteiger partial charge in [0.15, 0.2) is 11.8 Å². The first-order valence-corrected chi connectivity index (χ1v) is 8.08. The van der Waals surface area contributed by atoms with Gasteiger partial charge in [0.2, 0.25) is 5.89 Å². The third kappa shape index (κ3) is 6.42. The second kappa shape index (κ2) is 9.81. The molecule has 0 aliphatic rings. The van der Waals surface area contributed by atoms with Crippen molar-refractivity contribution >= 4 is 41.3 Å². The van der Waals surface area contributed by atoms with Gasteiger partial charge in [-0.1, -0.05) is 5.16 Å². The van der Waals surface area contributed by atoms with Gasteiger partial charge in [0.1, 0.15) is 0 Å². The van der Waals surface area contributed by atoms with Crippen molar-refractivity contribution in [2.75, 3.05) is 20.6 Å². The van der Waals surface area contributed by atoms with Crippen LogP contribution in [0, 0.1) is 13.8 Å². The standard InChI is InChI=1S/C14H22N6OS.HI/c1-10-17-13(21-19-10)6-5-7-16-14(15-3)20(4)8-12-9-22-11(2)18-12;/h9H,5-8H2,1-4H3,(H,15,16);1H. The maximum atomic E-state index is 5.09. The van der Waals surface area contributed by atoms with E-state index in [0.717, 1.165) is 42.6 Å². The Hall–Kier alpha value is -1.23. The SMILES string of the molecule is CN=C(NCCCc1nc(C)no1)N(C)Cc1csc(C)n1.I. The molecule has 2 aromatic rings. The molecule has 128 valence electrons. The molecule has 0 unspecified atom stereocenters. The molecular formula is C14H23IN6OS. The minimum atomic E-state index is 0. The summed E-state index contributed by atoms with van der Waals surface area (Å²) < 4.78 is 5.09. The van der Waals surface area contributed by atoms with E-state index in [9.17, 15) is 0 Å². The Morgan fingerprint density at radius 2 is 2.17 bits per heavy atom. The van der Waals surface area contributed by atoms with E-state index in [4.69, 9.17) is 4.52 Å². The molecule has 23 heavy (non-hydrogen) atoms. The fourth-order valence-corrected chi connectivity index (χ4v) is 2.67. The molecule has 2 aromatic heterocycles. The fourth-order valence-electron chi connectivity index (χ4n) is 2.06. The number of aromatic nitrogens is 3. The van der Waals surface area contributed by atoms with Crippen molar-refractivity contribution in [3.8, 4) is 0 Å². The first kappa shape index (κ1) is 19.8. The van der Waals surface area contributed by atoms with Crippen LogP contribution >= 0.6 is 35.3 Å². The normalized spacial score (nSPS) is 11.2. The first-order valence-electron chi connectivity index (χ1n) is 7.20. The summed E-state index contributed by atoms with van der Waals surface area (Å²) in [6.45, 7) is 5.38. The molecule has 0 fully saturated rings. The Balaban J connectivity index is 0.00000264. The summed E-state index contributed by atoms with van der Waals surface area (Å²) in [6, 6.07) is 0. The van der Waals surface area contributed by atoms with Crippen LogP contribution in [0.5, 0.6) is 0 Å². The minimum Gasteiger partial charge on any atom is -0.356 e. The molecule has 0 amide bonds. The van der Waals surface area contributed by atoms with Gasteiger partial charge in [-0.2, -0.15) is 4.98 Å². The summed E-state index contributed by atoms with van der Waals surface area (Å²) in [4.78, 5) is 15.0. The van der Waals surface area contributed by atoms with Gasteiger partial charge in [-0.25, -0.2) is 4.98 Å². The zero-order valence-electron chi connectivity index (χ0n) is 13.9. The lowest BCUT2D eigenvalue weighted by atomic mass is 10.3. The fraction of sp³-hybridized carbons (Fsp3) is 0.571. The molecule has 7 nitrogen and oxygen atoms in total. The van der Waals surface area contributed by atoms with Crippen LogP contribution in [-0.2, 0) is 13.0 Å². The molecule has 0 aliphatic carbocycles. The van der Waals surface area contributed by atoms with Crippen LogP contribution in [0.15, 0.2) is 14.9 Å². The van der Waals surface area contributed by atoms with E-state index in [1.54, 1.807) is 18.4 Å². The van der Waals surface area contributed by atoms with Gasteiger partial charge >= 0.3 is 0 Å². The predicted octanol–water partition coefficient (Wildman–Crippen LogP) is 2.40. The van der Waals surface area contributed by atoms with Crippen LogP contribution < -0.4 is 5.32 Å². The van der Waals surface area contributed by atoms with Gasteiger partial charge in [0, 0.05) is 32.4 Å². The van der Waals surface area contributed by atoms with Crippen LogP contribution in [-0.4, -0.2) is 46.6 Å². The molecule has 0 bridgehead atoms. The molecule has 0 aromatic carbocycles. The highest BCUT2D eigenvalue weighted by Gasteiger charge is 2.09. The zero-order valence-corrected chi connectivity index (χ0v) is 17.0. The number of aryl methyl sites for hydroxylation is 3. The molecule has 0 atom stereocenters. The van der Waals surface area contributed by atoms with Gasteiger partial charge in [-0.3, -0.25) is 4.99 Å². The molecule has 0 radical (unpaired) electrons. The summed E-state index contributed by atoms with van der Waals surface area (Å²) in [5.74, 6) is 2.21. The number of aliphatic imine (C=N–C) groups is 1. The van der Waals surface area contributed by atoms with Crippen LogP contribution in [0.2, 0.25) is 0 Å². The molecule has 0 spiro atoms. The first-order chi connectivity index (χ1) is 10.6. The van der Waals surface area contributed by atoms with Gasteiger partial charge in [0.25, 0.3) is 0 Å². The summed E-state index contributed by atoms with van der Waals surface area (Å²) >= 11 is 1.67. The maximum absolute atomic E-state index is 5.09. The van der Waals surface area contributed by atoms with Gasteiger partial charge in [-0.05, 0) is 20.3 Å². The molecule has 0 aliphatic heterocycles. The van der Waals surface area contributed by atoms with Crippen molar-refractivity contribution in [3.05, 3.63) is 27.8 Å². The molecule has 2 heterocycles. The molecule has 9 heteroatoms. The molecule has 2 rings (SSSR count). The third-order valence-electron chi connectivity index (χ3n) is 3.06. The lowest BCUT2D eigenvalue weighted by Crippen LogP contribution is -2.39. The quantitative estimate of drug-likeness (QED) is 0.315. The van der Waals surface area contributed by atoms with Crippen molar-refractivity contribution < 1.29 is 4.52 Å². The highest BCUT2D eigenvalue weighted by molar-refractivity contribution is 14.0. The predicted molar refractivity (Wildman–Crippen MR) is 102 cm³/mol. The second-order valence-corrected chi connectivity index (χ2v) is 6.09. The number of hydrogen-bond donors (Lipinski definition) is 1. The lowest BCUT2D eigenvalue weighted by molar-refractivity contribution is 0.371. The smallest absolute Gasteiger partial charge is 0.226 e. The highest BCUT2D eigenvalue weighted by Crippen LogP contribution is 2.09. The number of hydrogen-bond acceptors (Lipinski definition) is 6. The second-order valence-electron chi connectivity index (χ2n) is 5.03. The summed E-state index contributed by atoms with van der Waals surface area (Å²) in [5, 5.41) is 10.3. The van der Waals surface area contributed by atoms with Crippen LogP contribution in [0.4, 0.5) is 0 Å². The average molecular weight is 450 g/mol. The third-order valence-corrected chi connectivity index (χ3v) is 3.88. The van der Waals surface area contributed by atoms with Crippen molar-refractivity contribution in [1.29, 1.82) is 0 Å². The lowest BCUT2D eigenvalue weighted by Gasteiger charge is -2.21. The summed E-state index contributed by atoms with van der Waals surface area (Å²) in [7, 11) is 3.79. The van der Waals surface area contributed by atoms with E-state index < -0.39 is 0 Å². The number of nitrogens with zero attached hydrogens (tertiary/aromatic N) is 5. The van der Waals surface area contributed by atoms with E-state index in [2.05, 4.69) is 35.7 Å². The Labute approximate surface area is 157 Å². The maximum Gasteiger partial charge on any atom is 0.226 e. The molecule has 0 saturated heterocycles. The monoisotopic (exact) mass is 450 g/mol. The van der Waals surface area contributed by atoms with E-state index >= 15 is 0 Å².